The number of H-pyrrole nitrogens is 1. The largest absolute Gasteiger partial charge is 0.493 e. The van der Waals surface area contributed by atoms with Gasteiger partial charge in [0.15, 0.2) is 11.5 Å². The summed E-state index contributed by atoms with van der Waals surface area (Å²) < 4.78 is 25.3. The van der Waals surface area contributed by atoms with Crippen molar-refractivity contribution >= 4 is 23.2 Å². The maximum absolute atomic E-state index is 14.5. The van der Waals surface area contributed by atoms with Gasteiger partial charge in [0.1, 0.15) is 5.82 Å². The molecule has 35 heavy (non-hydrogen) atoms. The van der Waals surface area contributed by atoms with Crippen molar-refractivity contribution in [2.45, 2.75) is 18.3 Å². The molecule has 1 fully saturated rings. The highest BCUT2D eigenvalue weighted by atomic mass is 35.5. The maximum atomic E-state index is 14.5. The Balaban J connectivity index is 1.51. The van der Waals surface area contributed by atoms with Crippen molar-refractivity contribution in [3.8, 4) is 34.0 Å². The lowest BCUT2D eigenvalue weighted by Gasteiger charge is -2.18. The van der Waals surface area contributed by atoms with Crippen LogP contribution in [-0.4, -0.2) is 40.8 Å². The van der Waals surface area contributed by atoms with Crippen molar-refractivity contribution < 1.29 is 18.7 Å². The lowest BCUT2D eigenvalue weighted by molar-refractivity contribution is -0.118. The molecule has 4 aromatic rings. The Hall–Kier alpha value is -3.98. The molecule has 10 heteroatoms. The number of benzene rings is 3. The van der Waals surface area contributed by atoms with E-state index in [0.717, 1.165) is 11.1 Å². The second-order valence-corrected chi connectivity index (χ2v) is 8.66. The van der Waals surface area contributed by atoms with Crippen LogP contribution in [0.25, 0.3) is 22.5 Å². The Kier molecular flexibility index (Phi) is 5.86. The number of anilines is 1. The zero-order valence-corrected chi connectivity index (χ0v) is 19.7. The SMILES string of the molecule is COc1ccc(-c2ccc(NC(=O)C3(c4cc(Cl)ccc4F)CC3)cc2-c2nn[nH]n2)cc1OC. The summed E-state index contributed by atoms with van der Waals surface area (Å²) in [5, 5.41) is 17.7. The topological polar surface area (TPSA) is 102 Å². The molecule has 1 heterocycles. The van der Waals surface area contributed by atoms with E-state index in [0.29, 0.717) is 52.0 Å². The summed E-state index contributed by atoms with van der Waals surface area (Å²) in [7, 11) is 3.14. The van der Waals surface area contributed by atoms with Gasteiger partial charge in [-0.3, -0.25) is 4.79 Å². The second-order valence-electron chi connectivity index (χ2n) is 8.23. The van der Waals surface area contributed by atoms with Gasteiger partial charge in [-0.1, -0.05) is 23.7 Å². The Morgan fingerprint density at radius 1 is 1.03 bits per heavy atom. The molecule has 5 rings (SSSR count). The van der Waals surface area contributed by atoms with E-state index < -0.39 is 11.2 Å². The Bertz CT molecular complexity index is 1410. The summed E-state index contributed by atoms with van der Waals surface area (Å²) in [6.45, 7) is 0. The highest BCUT2D eigenvalue weighted by Gasteiger charge is 2.52. The van der Waals surface area contributed by atoms with Gasteiger partial charge < -0.3 is 14.8 Å². The van der Waals surface area contributed by atoms with Gasteiger partial charge in [0.2, 0.25) is 11.7 Å². The molecule has 3 aromatic carbocycles. The summed E-state index contributed by atoms with van der Waals surface area (Å²) in [5.41, 5.74) is 2.16. The van der Waals surface area contributed by atoms with Gasteiger partial charge in [0, 0.05) is 21.8 Å². The minimum absolute atomic E-state index is 0.295. The number of nitrogens with one attached hydrogen (secondary N) is 2. The van der Waals surface area contributed by atoms with Crippen LogP contribution in [-0.2, 0) is 10.2 Å². The van der Waals surface area contributed by atoms with E-state index >= 15 is 0 Å². The van der Waals surface area contributed by atoms with E-state index in [1.165, 1.54) is 18.2 Å². The maximum Gasteiger partial charge on any atom is 0.235 e. The molecule has 1 saturated carbocycles. The minimum atomic E-state index is -0.941. The first kappa shape index (κ1) is 22.8. The highest BCUT2D eigenvalue weighted by Crippen LogP contribution is 2.50. The molecule has 1 aliphatic carbocycles. The fourth-order valence-electron chi connectivity index (χ4n) is 4.20. The molecule has 0 saturated heterocycles. The van der Waals surface area contributed by atoms with Gasteiger partial charge >= 0.3 is 0 Å². The first-order valence-corrected chi connectivity index (χ1v) is 11.2. The lowest BCUT2D eigenvalue weighted by Crippen LogP contribution is -2.28. The number of nitrogens with zero attached hydrogens (tertiary/aromatic N) is 3. The summed E-state index contributed by atoms with van der Waals surface area (Å²) in [6, 6.07) is 15.2. The molecule has 0 spiro atoms. The van der Waals surface area contributed by atoms with Gasteiger partial charge in [-0.15, -0.1) is 10.2 Å². The number of carbonyl (C=O) groups excluding carboxylic acids is 1. The highest BCUT2D eigenvalue weighted by molar-refractivity contribution is 6.30. The number of aromatic nitrogens is 4. The predicted octanol–water partition coefficient (Wildman–Crippen LogP) is 5.01. The first-order valence-electron chi connectivity index (χ1n) is 10.8. The van der Waals surface area contributed by atoms with Crippen LogP contribution in [0.2, 0.25) is 5.02 Å². The van der Waals surface area contributed by atoms with Crippen molar-refractivity contribution in [2.24, 2.45) is 0 Å². The summed E-state index contributed by atoms with van der Waals surface area (Å²) in [5.74, 6) is 0.785. The second kappa shape index (κ2) is 8.99. The number of hydrogen-bond acceptors (Lipinski definition) is 6. The number of amides is 1. The average Bonchev–Trinajstić information content (AvgIpc) is 3.50. The van der Waals surface area contributed by atoms with Crippen LogP contribution in [0.1, 0.15) is 18.4 Å². The van der Waals surface area contributed by atoms with E-state index in [-0.39, 0.29) is 5.91 Å². The van der Waals surface area contributed by atoms with Crippen LogP contribution >= 0.6 is 11.6 Å². The molecule has 1 amide bonds. The Morgan fingerprint density at radius 3 is 2.51 bits per heavy atom. The van der Waals surface area contributed by atoms with Gasteiger partial charge in [0.25, 0.3) is 0 Å². The van der Waals surface area contributed by atoms with Gasteiger partial charge in [-0.05, 0) is 71.6 Å². The van der Waals surface area contributed by atoms with E-state index in [1.807, 2.05) is 18.2 Å². The van der Waals surface area contributed by atoms with Crippen molar-refractivity contribution in [3.05, 3.63) is 71.0 Å². The van der Waals surface area contributed by atoms with Crippen LogP contribution in [0.15, 0.2) is 54.6 Å². The number of halogens is 2. The number of rotatable bonds is 7. The molecular formula is C25H21ClFN5O3. The molecule has 178 valence electrons. The molecule has 2 N–H and O–H groups in total. The molecule has 1 aliphatic rings. The number of ether oxygens (including phenoxy) is 2. The Labute approximate surface area is 205 Å². The summed E-state index contributed by atoms with van der Waals surface area (Å²) in [4.78, 5) is 13.3. The standard InChI is InChI=1S/C25H21ClFN5O3/c1-34-21-8-3-14(11-22(21)35-2)17-6-5-16(13-18(17)23-29-31-32-30-23)28-24(33)25(9-10-25)19-12-15(26)4-7-20(19)27/h3-8,11-13H,9-10H2,1-2H3,(H,28,33)(H,29,30,31,32). The number of hydrogen-bond donors (Lipinski definition) is 2. The van der Waals surface area contributed by atoms with Gasteiger partial charge in [-0.25, -0.2) is 4.39 Å². The molecule has 0 radical (unpaired) electrons. The number of carbonyl (C=O) groups is 1. The third-order valence-corrected chi connectivity index (χ3v) is 6.42. The molecule has 0 aliphatic heterocycles. The van der Waals surface area contributed by atoms with E-state index in [1.54, 1.807) is 32.4 Å². The van der Waals surface area contributed by atoms with Gasteiger partial charge in [-0.2, -0.15) is 5.21 Å². The molecular weight excluding hydrogens is 473 g/mol. The van der Waals surface area contributed by atoms with E-state index in [4.69, 9.17) is 21.1 Å². The Morgan fingerprint density at radius 2 is 1.83 bits per heavy atom. The third-order valence-electron chi connectivity index (χ3n) is 6.19. The smallest absolute Gasteiger partial charge is 0.235 e. The molecule has 8 nitrogen and oxygen atoms in total. The van der Waals surface area contributed by atoms with Gasteiger partial charge in [0.05, 0.1) is 19.6 Å². The summed E-state index contributed by atoms with van der Waals surface area (Å²) in [6.07, 6.45) is 1.08. The van der Waals surface area contributed by atoms with Crippen LogP contribution in [0.4, 0.5) is 10.1 Å². The first-order chi connectivity index (χ1) is 16.9. The quantitative estimate of drug-likeness (QED) is 0.375. The van der Waals surface area contributed by atoms with Crippen molar-refractivity contribution in [1.29, 1.82) is 0 Å². The molecule has 0 unspecified atom stereocenters. The normalized spacial score (nSPS) is 13.8. The number of aromatic amines is 1. The molecule has 0 bridgehead atoms. The predicted molar refractivity (Wildman–Crippen MR) is 129 cm³/mol. The van der Waals surface area contributed by atoms with Crippen LogP contribution in [0.3, 0.4) is 0 Å². The lowest BCUT2D eigenvalue weighted by atomic mass is 9.93. The molecule has 1 aromatic heterocycles. The van der Waals surface area contributed by atoms with Crippen molar-refractivity contribution in [2.75, 3.05) is 19.5 Å². The average molecular weight is 494 g/mol. The zero-order valence-electron chi connectivity index (χ0n) is 18.9. The summed E-state index contributed by atoms with van der Waals surface area (Å²) >= 11 is 6.07. The molecule has 0 atom stereocenters. The number of tetrazole rings is 1. The third kappa shape index (κ3) is 4.19. The monoisotopic (exact) mass is 493 g/mol. The van der Waals surface area contributed by atoms with Crippen molar-refractivity contribution in [1.82, 2.24) is 20.6 Å². The fraction of sp³-hybridized carbons (Fsp3) is 0.200. The van der Waals surface area contributed by atoms with Crippen LogP contribution < -0.4 is 14.8 Å². The minimum Gasteiger partial charge on any atom is -0.493 e. The fourth-order valence-corrected chi connectivity index (χ4v) is 4.37. The van der Waals surface area contributed by atoms with Crippen LogP contribution in [0, 0.1) is 5.82 Å². The number of methoxy groups -OCH3 is 2. The van der Waals surface area contributed by atoms with E-state index in [9.17, 15) is 9.18 Å². The zero-order chi connectivity index (χ0) is 24.6. The van der Waals surface area contributed by atoms with Crippen molar-refractivity contribution in [3.63, 3.8) is 0 Å². The van der Waals surface area contributed by atoms with Crippen LogP contribution in [0.5, 0.6) is 11.5 Å². The van der Waals surface area contributed by atoms with E-state index in [2.05, 4.69) is 25.9 Å².